The molecule has 1 fully saturated rings. The number of rotatable bonds is 3. The monoisotopic (exact) mass is 346 g/mol. The van der Waals surface area contributed by atoms with Crippen molar-refractivity contribution in [3.05, 3.63) is 27.8 Å². The highest BCUT2D eigenvalue weighted by Crippen LogP contribution is 2.29. The van der Waals surface area contributed by atoms with E-state index in [1.807, 2.05) is 27.7 Å². The fourth-order valence-electron chi connectivity index (χ4n) is 3.10. The van der Waals surface area contributed by atoms with Gasteiger partial charge in [0.25, 0.3) is 0 Å². The van der Waals surface area contributed by atoms with Crippen LogP contribution in [0.1, 0.15) is 40.7 Å². The molecular weight excluding hydrogens is 320 g/mol. The molecule has 0 bridgehead atoms. The van der Waals surface area contributed by atoms with Crippen molar-refractivity contribution in [2.45, 2.75) is 58.4 Å². The molecule has 1 aromatic rings. The van der Waals surface area contributed by atoms with E-state index in [0.29, 0.717) is 11.4 Å². The summed E-state index contributed by atoms with van der Waals surface area (Å²) in [7, 11) is -3.47. The molecule has 22 heavy (non-hydrogen) atoms. The van der Waals surface area contributed by atoms with Gasteiger partial charge in [-0.2, -0.15) is 0 Å². The smallest absolute Gasteiger partial charge is 0.241 e. The molecule has 0 unspecified atom stereocenters. The molecule has 0 radical (unpaired) electrons. The molecule has 6 heteroatoms. The molecule has 126 valence electrons. The first-order valence-corrected chi connectivity index (χ1v) is 9.04. The van der Waals surface area contributed by atoms with Crippen molar-refractivity contribution in [3.63, 3.8) is 0 Å². The Morgan fingerprint density at radius 2 is 1.45 bits per heavy atom. The average molecular weight is 347 g/mol. The summed E-state index contributed by atoms with van der Waals surface area (Å²) < 4.78 is 28.5. The minimum absolute atomic E-state index is 0. The summed E-state index contributed by atoms with van der Waals surface area (Å²) in [4.78, 5) is 0.466. The van der Waals surface area contributed by atoms with Crippen LogP contribution in [0, 0.1) is 34.6 Å². The Bertz CT molecular complexity index is 622. The predicted octanol–water partition coefficient (Wildman–Crippen LogP) is 2.68. The number of hydrogen-bond donors (Lipinski definition) is 2. The van der Waals surface area contributed by atoms with Gasteiger partial charge < -0.3 is 5.32 Å². The number of benzene rings is 1. The molecule has 2 rings (SSSR count). The first kappa shape index (κ1) is 19.4. The van der Waals surface area contributed by atoms with Crippen LogP contribution in [0.15, 0.2) is 4.90 Å². The quantitative estimate of drug-likeness (QED) is 0.884. The summed E-state index contributed by atoms with van der Waals surface area (Å²) in [5.74, 6) is 0. The molecule has 0 saturated carbocycles. The number of sulfonamides is 1. The Morgan fingerprint density at radius 3 is 1.91 bits per heavy atom. The van der Waals surface area contributed by atoms with E-state index in [1.165, 1.54) is 5.56 Å². The third-order valence-corrected chi connectivity index (χ3v) is 6.61. The Kier molecular flexibility index (Phi) is 6.45. The Hall–Kier alpha value is -0.620. The number of hydrogen-bond acceptors (Lipinski definition) is 3. The van der Waals surface area contributed by atoms with Gasteiger partial charge in [-0.15, -0.1) is 12.4 Å². The maximum absolute atomic E-state index is 12.8. The van der Waals surface area contributed by atoms with Crippen LogP contribution in [0.4, 0.5) is 0 Å². The highest BCUT2D eigenvalue weighted by atomic mass is 35.5. The first-order valence-electron chi connectivity index (χ1n) is 7.55. The highest BCUT2D eigenvalue weighted by molar-refractivity contribution is 7.89. The minimum Gasteiger partial charge on any atom is -0.315 e. The molecule has 1 saturated heterocycles. The fraction of sp³-hybridized carbons (Fsp3) is 0.625. The Labute approximate surface area is 140 Å². The van der Waals surface area contributed by atoms with Crippen molar-refractivity contribution in [2.75, 3.05) is 13.1 Å². The third-order valence-electron chi connectivity index (χ3n) is 4.82. The molecule has 0 spiro atoms. The summed E-state index contributed by atoms with van der Waals surface area (Å²) in [6.07, 6.45) is 1.91. The summed E-state index contributed by atoms with van der Waals surface area (Å²) >= 11 is 0. The average Bonchev–Trinajstić information content (AvgIpc) is 2.43. The summed E-state index contributed by atoms with van der Waals surface area (Å²) in [6, 6.07) is -0.00975. The summed E-state index contributed by atoms with van der Waals surface area (Å²) in [5, 5.41) is 3.24. The molecule has 1 atom stereocenters. The van der Waals surface area contributed by atoms with E-state index in [1.54, 1.807) is 0 Å². The van der Waals surface area contributed by atoms with E-state index < -0.39 is 10.0 Å². The molecular formula is C16H27ClN2O2S. The Morgan fingerprint density at radius 1 is 0.955 bits per heavy atom. The van der Waals surface area contributed by atoms with Crippen LogP contribution in [0.25, 0.3) is 0 Å². The number of nitrogens with one attached hydrogen (secondary N) is 2. The number of piperidine rings is 1. The van der Waals surface area contributed by atoms with Crippen molar-refractivity contribution in [1.82, 2.24) is 10.0 Å². The van der Waals surface area contributed by atoms with Gasteiger partial charge in [-0.3, -0.25) is 0 Å². The van der Waals surface area contributed by atoms with Crippen LogP contribution in [-0.2, 0) is 10.0 Å². The van der Waals surface area contributed by atoms with Gasteiger partial charge in [-0.05, 0) is 81.8 Å². The van der Waals surface area contributed by atoms with Crippen LogP contribution >= 0.6 is 12.4 Å². The largest absolute Gasteiger partial charge is 0.315 e. The van der Waals surface area contributed by atoms with Crippen LogP contribution in [0.5, 0.6) is 0 Å². The lowest BCUT2D eigenvalue weighted by atomic mass is 9.95. The van der Waals surface area contributed by atoms with E-state index in [9.17, 15) is 8.42 Å². The van der Waals surface area contributed by atoms with E-state index in [-0.39, 0.29) is 18.4 Å². The van der Waals surface area contributed by atoms with Crippen LogP contribution in [0.3, 0.4) is 0 Å². The third kappa shape index (κ3) is 3.65. The van der Waals surface area contributed by atoms with Gasteiger partial charge in [-0.1, -0.05) is 0 Å². The van der Waals surface area contributed by atoms with Crippen molar-refractivity contribution < 1.29 is 8.42 Å². The standard InChI is InChI=1S/C16H26N2O2S.ClH/c1-10-11(2)13(4)16(14(5)12(10)3)21(19,20)18-15-7-6-8-17-9-15;/h15,17-18H,6-9H2,1-5H3;1H/t15-;/m0./s1. The molecule has 1 heterocycles. The van der Waals surface area contributed by atoms with Gasteiger partial charge >= 0.3 is 0 Å². The van der Waals surface area contributed by atoms with Crippen LogP contribution in [0.2, 0.25) is 0 Å². The Balaban J connectivity index is 0.00000242. The zero-order valence-corrected chi connectivity index (χ0v) is 15.7. The normalized spacial score (nSPS) is 18.9. The fourth-order valence-corrected chi connectivity index (χ4v) is 4.97. The van der Waals surface area contributed by atoms with Gasteiger partial charge in [-0.25, -0.2) is 13.1 Å². The first-order chi connectivity index (χ1) is 9.75. The highest BCUT2D eigenvalue weighted by Gasteiger charge is 2.26. The zero-order chi connectivity index (χ0) is 15.8. The van der Waals surface area contributed by atoms with Gasteiger partial charge in [0, 0.05) is 12.6 Å². The maximum Gasteiger partial charge on any atom is 0.241 e. The molecule has 0 amide bonds. The van der Waals surface area contributed by atoms with E-state index in [4.69, 9.17) is 0 Å². The molecule has 4 nitrogen and oxygen atoms in total. The molecule has 1 aromatic carbocycles. The molecule has 0 aromatic heterocycles. The molecule has 1 aliphatic rings. The second-order valence-corrected chi connectivity index (χ2v) is 7.77. The molecule has 0 aliphatic carbocycles. The topological polar surface area (TPSA) is 58.2 Å². The minimum atomic E-state index is -3.47. The lowest BCUT2D eigenvalue weighted by Crippen LogP contribution is -2.45. The second-order valence-electron chi connectivity index (χ2n) is 6.12. The SMILES string of the molecule is Cc1c(C)c(C)c(S(=O)(=O)N[C@H]2CCCNC2)c(C)c1C.Cl. The van der Waals surface area contributed by atoms with Crippen molar-refractivity contribution >= 4 is 22.4 Å². The zero-order valence-electron chi connectivity index (χ0n) is 14.0. The lowest BCUT2D eigenvalue weighted by molar-refractivity contribution is 0.428. The molecule has 2 N–H and O–H groups in total. The second kappa shape index (κ2) is 7.30. The van der Waals surface area contributed by atoms with E-state index in [0.717, 1.165) is 41.6 Å². The molecule has 1 aliphatic heterocycles. The van der Waals surface area contributed by atoms with Crippen molar-refractivity contribution in [2.24, 2.45) is 0 Å². The van der Waals surface area contributed by atoms with Gasteiger partial charge in [0.05, 0.1) is 4.90 Å². The lowest BCUT2D eigenvalue weighted by Gasteiger charge is -2.25. The summed E-state index contributed by atoms with van der Waals surface area (Å²) in [6.45, 7) is 11.5. The van der Waals surface area contributed by atoms with Crippen molar-refractivity contribution in [3.8, 4) is 0 Å². The number of halogens is 1. The van der Waals surface area contributed by atoms with E-state index in [2.05, 4.69) is 17.0 Å². The van der Waals surface area contributed by atoms with Gasteiger partial charge in [0.2, 0.25) is 10.0 Å². The maximum atomic E-state index is 12.8. The van der Waals surface area contributed by atoms with Crippen molar-refractivity contribution in [1.29, 1.82) is 0 Å². The van der Waals surface area contributed by atoms with Crippen LogP contribution < -0.4 is 10.0 Å². The van der Waals surface area contributed by atoms with Gasteiger partial charge in [0.15, 0.2) is 0 Å². The van der Waals surface area contributed by atoms with Crippen LogP contribution in [-0.4, -0.2) is 27.5 Å². The van der Waals surface area contributed by atoms with Gasteiger partial charge in [0.1, 0.15) is 0 Å². The predicted molar refractivity (Wildman–Crippen MR) is 93.6 cm³/mol. The van der Waals surface area contributed by atoms with E-state index >= 15 is 0 Å². The summed E-state index contributed by atoms with van der Waals surface area (Å²) in [5.41, 5.74) is 5.06.